The lowest BCUT2D eigenvalue weighted by molar-refractivity contribution is 1.16. The van der Waals surface area contributed by atoms with Gasteiger partial charge in [0.25, 0.3) is 0 Å². The van der Waals surface area contributed by atoms with Crippen molar-refractivity contribution in [3.63, 3.8) is 0 Å². The molecule has 0 saturated heterocycles. The summed E-state index contributed by atoms with van der Waals surface area (Å²) in [5, 5.41) is 0. The SMILES string of the molecule is C1=Cc2nc1c(C/C=C\Cc1c3nc(c(-c4ccccc4)c4ccc([nH]4)c(-c4ccccc4)c4nc(c(-c5ccccc5)c5ccc1[nH]5)C=C4)C=C3)c1ccc([nH]1)c(-c1ccccc1)c1nc(c(-c3ccccc3)c3ccc([nH]3)c2-c2ccccc2)C=C1. The summed E-state index contributed by atoms with van der Waals surface area (Å²) in [5.41, 5.74) is 29.4. The van der Waals surface area contributed by atoms with Gasteiger partial charge in [0.15, 0.2) is 0 Å². The maximum Gasteiger partial charge on any atom is 0.0737 e. The third-order valence-corrected chi connectivity index (χ3v) is 16.9. The molecular formula is C80H56N8. The molecule has 0 fully saturated rings. The summed E-state index contributed by atoms with van der Waals surface area (Å²) in [6.07, 6.45) is 23.0. The third kappa shape index (κ3) is 9.65. The molecule has 16 bridgehead atoms. The Labute approximate surface area is 508 Å². The van der Waals surface area contributed by atoms with Gasteiger partial charge in [0.05, 0.1) is 45.6 Å². The normalized spacial score (nSPS) is 12.4. The molecule has 4 aliphatic heterocycles. The van der Waals surface area contributed by atoms with E-state index in [4.69, 9.17) is 19.9 Å². The van der Waals surface area contributed by atoms with Crippen LogP contribution in [0.1, 0.15) is 56.7 Å². The quantitative estimate of drug-likeness (QED) is 0.102. The van der Waals surface area contributed by atoms with Gasteiger partial charge in [-0.1, -0.05) is 194 Å². The smallest absolute Gasteiger partial charge is 0.0737 e. The van der Waals surface area contributed by atoms with Crippen LogP contribution in [0.3, 0.4) is 0 Å². The third-order valence-electron chi connectivity index (χ3n) is 16.9. The lowest BCUT2D eigenvalue weighted by atomic mass is 10.0. The maximum absolute atomic E-state index is 5.57. The minimum atomic E-state index is 0.585. The number of nitrogens with one attached hydrogen (secondary N) is 4. The summed E-state index contributed by atoms with van der Waals surface area (Å²) in [6, 6.07) is 80.8. The Bertz CT molecular complexity index is 4810. The number of H-pyrrole nitrogens is 4. The van der Waals surface area contributed by atoms with E-state index in [-0.39, 0.29) is 0 Å². The van der Waals surface area contributed by atoms with Gasteiger partial charge in [-0.2, -0.15) is 0 Å². The fourth-order valence-corrected chi connectivity index (χ4v) is 12.8. The fraction of sp³-hybridized carbons (Fsp3) is 0.0250. The summed E-state index contributed by atoms with van der Waals surface area (Å²) in [5.74, 6) is 0. The Hall–Kier alpha value is -11.7. The first-order valence-corrected chi connectivity index (χ1v) is 29.9. The molecule has 0 amide bonds. The molecule has 8 nitrogen and oxygen atoms in total. The highest BCUT2D eigenvalue weighted by atomic mass is 14.8. The number of hydrogen-bond donors (Lipinski definition) is 4. The number of hydrogen-bond acceptors (Lipinski definition) is 4. The summed E-state index contributed by atoms with van der Waals surface area (Å²) in [6.45, 7) is 0. The Morgan fingerprint density at radius 2 is 0.386 bits per heavy atom. The zero-order valence-electron chi connectivity index (χ0n) is 47.9. The van der Waals surface area contributed by atoms with E-state index in [1.165, 1.54) is 0 Å². The van der Waals surface area contributed by atoms with Crippen molar-refractivity contribution < 1.29 is 0 Å². The molecule has 10 heterocycles. The van der Waals surface area contributed by atoms with Crippen LogP contribution in [0.4, 0.5) is 0 Å². The molecule has 16 rings (SSSR count). The van der Waals surface area contributed by atoms with E-state index in [0.717, 1.165) is 168 Å². The van der Waals surface area contributed by atoms with E-state index in [2.05, 4.69) is 311 Å². The van der Waals surface area contributed by atoms with Crippen LogP contribution in [0.2, 0.25) is 0 Å². The van der Waals surface area contributed by atoms with Crippen LogP contribution in [0.15, 0.2) is 243 Å². The number of benzene rings is 6. The fourth-order valence-electron chi connectivity index (χ4n) is 12.8. The highest BCUT2D eigenvalue weighted by molar-refractivity contribution is 6.00. The minimum absolute atomic E-state index is 0.585. The molecule has 88 heavy (non-hydrogen) atoms. The van der Waals surface area contributed by atoms with Crippen molar-refractivity contribution >= 4 is 92.7 Å². The monoisotopic (exact) mass is 1130 g/mol. The van der Waals surface area contributed by atoms with E-state index in [1.807, 2.05) is 0 Å². The molecule has 8 heteroatoms. The van der Waals surface area contributed by atoms with Gasteiger partial charge in [0, 0.05) is 88.6 Å². The lowest BCUT2D eigenvalue weighted by Gasteiger charge is -2.06. The summed E-state index contributed by atoms with van der Waals surface area (Å²) in [7, 11) is 0. The van der Waals surface area contributed by atoms with Crippen molar-refractivity contribution in [3.8, 4) is 66.8 Å². The molecule has 6 aromatic carbocycles. The van der Waals surface area contributed by atoms with Crippen LogP contribution in [0.25, 0.3) is 160 Å². The summed E-state index contributed by atoms with van der Waals surface area (Å²) >= 11 is 0. The first kappa shape index (κ1) is 51.9. The number of allylic oxidation sites excluding steroid dienone is 2. The highest BCUT2D eigenvalue weighted by Crippen LogP contribution is 2.40. The van der Waals surface area contributed by atoms with Gasteiger partial charge in [-0.05, 0) is 143 Å². The number of aromatic amines is 4. The Morgan fingerprint density at radius 3 is 0.614 bits per heavy atom. The van der Waals surface area contributed by atoms with Crippen molar-refractivity contribution in [3.05, 3.63) is 299 Å². The molecule has 0 aliphatic carbocycles. The van der Waals surface area contributed by atoms with Crippen LogP contribution in [0.5, 0.6) is 0 Å². The lowest BCUT2D eigenvalue weighted by Crippen LogP contribution is -1.92. The highest BCUT2D eigenvalue weighted by Gasteiger charge is 2.21. The molecule has 0 atom stereocenters. The van der Waals surface area contributed by atoms with Gasteiger partial charge in [-0.3, -0.25) is 0 Å². The molecule has 0 saturated carbocycles. The van der Waals surface area contributed by atoms with Gasteiger partial charge in [-0.25, -0.2) is 19.9 Å². The van der Waals surface area contributed by atoms with E-state index in [0.29, 0.717) is 12.8 Å². The van der Waals surface area contributed by atoms with Crippen LogP contribution in [-0.2, 0) is 12.8 Å². The van der Waals surface area contributed by atoms with Gasteiger partial charge in [0.1, 0.15) is 0 Å². The Morgan fingerprint density at radius 1 is 0.205 bits per heavy atom. The molecular weight excluding hydrogens is 1070 g/mol. The van der Waals surface area contributed by atoms with Crippen LogP contribution in [-0.4, -0.2) is 39.9 Å². The second kappa shape index (κ2) is 22.4. The van der Waals surface area contributed by atoms with Gasteiger partial charge < -0.3 is 19.9 Å². The molecule has 0 radical (unpaired) electrons. The second-order valence-corrected chi connectivity index (χ2v) is 22.3. The van der Waals surface area contributed by atoms with Crippen molar-refractivity contribution in [2.45, 2.75) is 12.8 Å². The van der Waals surface area contributed by atoms with Gasteiger partial charge in [0.2, 0.25) is 0 Å². The first-order valence-electron chi connectivity index (χ1n) is 29.9. The average Bonchev–Trinajstić information content (AvgIpc) is 3.14. The zero-order chi connectivity index (χ0) is 58.3. The second-order valence-electron chi connectivity index (χ2n) is 22.3. The Balaban J connectivity index is 0.898. The Kier molecular flexibility index (Phi) is 13.2. The maximum atomic E-state index is 5.57. The number of aromatic nitrogens is 8. The molecule has 0 unspecified atom stereocenters. The average molecular weight is 1130 g/mol. The van der Waals surface area contributed by atoms with Crippen LogP contribution in [0, 0.1) is 0 Å². The van der Waals surface area contributed by atoms with Gasteiger partial charge >= 0.3 is 0 Å². The largest absolute Gasteiger partial charge is 0.355 e. The van der Waals surface area contributed by atoms with Crippen molar-refractivity contribution in [1.82, 2.24) is 39.9 Å². The molecule has 416 valence electrons. The molecule has 4 N–H and O–H groups in total. The van der Waals surface area contributed by atoms with E-state index >= 15 is 0 Å². The predicted molar refractivity (Wildman–Crippen MR) is 367 cm³/mol. The minimum Gasteiger partial charge on any atom is -0.355 e. The van der Waals surface area contributed by atoms with Gasteiger partial charge in [-0.15, -0.1) is 0 Å². The zero-order valence-corrected chi connectivity index (χ0v) is 47.9. The van der Waals surface area contributed by atoms with E-state index < -0.39 is 0 Å². The van der Waals surface area contributed by atoms with Crippen molar-refractivity contribution in [1.29, 1.82) is 0 Å². The topological polar surface area (TPSA) is 115 Å². The van der Waals surface area contributed by atoms with E-state index in [9.17, 15) is 0 Å². The molecule has 4 aliphatic rings. The summed E-state index contributed by atoms with van der Waals surface area (Å²) < 4.78 is 0. The van der Waals surface area contributed by atoms with Crippen LogP contribution < -0.4 is 0 Å². The predicted octanol–water partition coefficient (Wildman–Crippen LogP) is 20.0. The van der Waals surface area contributed by atoms with Crippen molar-refractivity contribution in [2.75, 3.05) is 0 Å². The summed E-state index contributed by atoms with van der Waals surface area (Å²) in [4.78, 5) is 37.7. The molecule has 12 aromatic rings. The van der Waals surface area contributed by atoms with Crippen molar-refractivity contribution in [2.24, 2.45) is 0 Å². The number of nitrogens with zero attached hydrogens (tertiary/aromatic N) is 4. The van der Waals surface area contributed by atoms with E-state index in [1.54, 1.807) is 0 Å². The molecule has 0 spiro atoms. The first-order chi connectivity index (χ1) is 43.6. The molecule has 6 aromatic heterocycles. The number of fused-ring (bicyclic) bond motifs is 16. The standard InChI is InChI=1S/C80H56N8/c1-7-21-51(22-8-1)75-63-39-35-59(81-63)57(60-36-40-64(82-60)76(52-23-9-2-10-24-52)68-44-48-72(86-68)79(55-29-15-5-16-30-55)71-47-43-67(75)85-71)33-19-20-34-58-61-37-41-65(83-61)77(53-25-11-3-12-26-53)69-45-49-73(87-69)80(56-31-17-6-18-32-56)74-50-46-70(88-74)78(54-27-13-4-14-28-54)66-42-38-62(58)84-66/h1-32,35-50,81,83,86,88H,33-34H2/b20-19-,59-57?,60-57?,61-58?,62-58?,75-63?,75-67?,76-64?,76-68?,77-65?,77-69?,78-66?,78-70?,79-71?,79-72?,80-73?,80-74?. The number of rotatable bonds is 10. The van der Waals surface area contributed by atoms with Crippen LogP contribution >= 0.6 is 0 Å².